The van der Waals surface area contributed by atoms with E-state index in [2.05, 4.69) is 15.6 Å². The highest BCUT2D eigenvalue weighted by atomic mass is 35.5. The summed E-state index contributed by atoms with van der Waals surface area (Å²) in [5, 5.41) is 7.17. The summed E-state index contributed by atoms with van der Waals surface area (Å²) in [6.45, 7) is 11.0. The van der Waals surface area contributed by atoms with E-state index in [1.807, 2.05) is 20.8 Å². The molecule has 2 amide bonds. The van der Waals surface area contributed by atoms with Crippen molar-refractivity contribution in [1.29, 1.82) is 0 Å². The van der Waals surface area contributed by atoms with Crippen LogP contribution >= 0.6 is 11.6 Å². The first-order valence-corrected chi connectivity index (χ1v) is 11.9. The maximum absolute atomic E-state index is 13.4. The van der Waals surface area contributed by atoms with Gasteiger partial charge in [0.2, 0.25) is 5.91 Å². The van der Waals surface area contributed by atoms with Crippen LogP contribution in [0.15, 0.2) is 24.3 Å². The molecule has 186 valence electrons. The third-order valence-corrected chi connectivity index (χ3v) is 6.09. The lowest BCUT2D eigenvalue weighted by Crippen LogP contribution is -2.68. The average Bonchev–Trinajstić information content (AvgIpc) is 3.10. The standard InChI is InChI=1S/C25H35ClN4O4/c1-23(2,3)29-20(31)14-9-10-25(19(27)13-14,22(33)34-24(4,5)6)30-21(32)18-12-15-11-16(26)7-8-17(15)28-18/h7-8,11-12,14,19,28H,9-10,13,27H2,1-6H3,(H,29,31)(H,30,32). The molecule has 0 radical (unpaired) electrons. The van der Waals surface area contributed by atoms with Crippen molar-refractivity contribution in [3.63, 3.8) is 0 Å². The second kappa shape index (κ2) is 9.23. The predicted molar refractivity (Wildman–Crippen MR) is 133 cm³/mol. The molecule has 3 rings (SSSR count). The average molecular weight is 491 g/mol. The fourth-order valence-electron chi connectivity index (χ4n) is 4.25. The fraction of sp³-hybridized carbons (Fsp3) is 0.560. The molecule has 1 heterocycles. The molecule has 5 N–H and O–H groups in total. The van der Waals surface area contributed by atoms with Crippen molar-refractivity contribution >= 4 is 40.3 Å². The number of esters is 1. The molecule has 1 aromatic carbocycles. The maximum Gasteiger partial charge on any atom is 0.334 e. The number of hydrogen-bond donors (Lipinski definition) is 4. The summed E-state index contributed by atoms with van der Waals surface area (Å²) >= 11 is 6.06. The molecule has 0 aliphatic heterocycles. The Morgan fingerprint density at radius 3 is 2.41 bits per heavy atom. The van der Waals surface area contributed by atoms with E-state index < -0.39 is 29.1 Å². The highest BCUT2D eigenvalue weighted by Crippen LogP contribution is 2.35. The Morgan fingerprint density at radius 2 is 1.82 bits per heavy atom. The van der Waals surface area contributed by atoms with Crippen molar-refractivity contribution in [2.75, 3.05) is 0 Å². The molecular formula is C25H35ClN4O4. The van der Waals surface area contributed by atoms with Crippen LogP contribution in [-0.4, -0.2) is 45.5 Å². The highest BCUT2D eigenvalue weighted by Gasteiger charge is 2.52. The Hall–Kier alpha value is -2.58. The number of carbonyl (C=O) groups is 3. The molecule has 0 spiro atoms. The molecule has 2 aromatic rings. The maximum atomic E-state index is 13.4. The lowest BCUT2D eigenvalue weighted by Gasteiger charge is -2.44. The Bertz CT molecular complexity index is 1100. The van der Waals surface area contributed by atoms with E-state index in [4.69, 9.17) is 22.1 Å². The zero-order valence-corrected chi connectivity index (χ0v) is 21.4. The molecule has 8 nitrogen and oxygen atoms in total. The summed E-state index contributed by atoms with van der Waals surface area (Å²) in [6, 6.07) is 6.12. The summed E-state index contributed by atoms with van der Waals surface area (Å²) in [6.07, 6.45) is 0.810. The van der Waals surface area contributed by atoms with Crippen LogP contribution in [0, 0.1) is 5.92 Å². The minimum Gasteiger partial charge on any atom is -0.458 e. The highest BCUT2D eigenvalue weighted by molar-refractivity contribution is 6.31. The van der Waals surface area contributed by atoms with Gasteiger partial charge in [-0.15, -0.1) is 0 Å². The topological polar surface area (TPSA) is 126 Å². The van der Waals surface area contributed by atoms with Crippen LogP contribution < -0.4 is 16.4 Å². The molecule has 1 saturated carbocycles. The lowest BCUT2D eigenvalue weighted by atomic mass is 9.72. The molecule has 0 saturated heterocycles. The predicted octanol–water partition coefficient (Wildman–Crippen LogP) is 3.67. The number of aromatic amines is 1. The van der Waals surface area contributed by atoms with Crippen LogP contribution in [0.4, 0.5) is 0 Å². The van der Waals surface area contributed by atoms with E-state index in [9.17, 15) is 14.4 Å². The normalized spacial score (nSPS) is 23.4. The molecule has 1 aromatic heterocycles. The van der Waals surface area contributed by atoms with Gasteiger partial charge in [0.15, 0.2) is 5.54 Å². The van der Waals surface area contributed by atoms with Crippen LogP contribution in [0.2, 0.25) is 5.02 Å². The number of amides is 2. The first-order chi connectivity index (χ1) is 15.6. The smallest absolute Gasteiger partial charge is 0.334 e. The number of nitrogens with two attached hydrogens (primary N) is 1. The van der Waals surface area contributed by atoms with Crippen molar-refractivity contribution in [3.05, 3.63) is 35.0 Å². The van der Waals surface area contributed by atoms with Crippen LogP contribution in [0.1, 0.15) is 71.3 Å². The molecule has 3 unspecified atom stereocenters. The minimum atomic E-state index is -1.46. The van der Waals surface area contributed by atoms with E-state index in [0.29, 0.717) is 11.4 Å². The number of nitrogens with one attached hydrogen (secondary N) is 3. The summed E-state index contributed by atoms with van der Waals surface area (Å²) in [4.78, 5) is 42.5. The molecule has 1 aliphatic rings. The summed E-state index contributed by atoms with van der Waals surface area (Å²) in [7, 11) is 0. The molecule has 0 bridgehead atoms. The Labute approximate surface area is 205 Å². The van der Waals surface area contributed by atoms with Crippen LogP contribution in [0.25, 0.3) is 10.9 Å². The third kappa shape index (κ3) is 5.91. The van der Waals surface area contributed by atoms with E-state index in [1.54, 1.807) is 45.0 Å². The second-order valence-electron chi connectivity index (χ2n) is 11.2. The van der Waals surface area contributed by atoms with Gasteiger partial charge in [0, 0.05) is 33.4 Å². The first kappa shape index (κ1) is 26.0. The van der Waals surface area contributed by atoms with E-state index in [-0.39, 0.29) is 35.9 Å². The zero-order valence-electron chi connectivity index (χ0n) is 20.7. The van der Waals surface area contributed by atoms with E-state index in [0.717, 1.165) is 10.9 Å². The third-order valence-electron chi connectivity index (χ3n) is 5.85. The van der Waals surface area contributed by atoms with Crippen LogP contribution in [0.5, 0.6) is 0 Å². The number of ether oxygens (including phenoxy) is 1. The molecule has 34 heavy (non-hydrogen) atoms. The van der Waals surface area contributed by atoms with Gasteiger partial charge in [0.25, 0.3) is 5.91 Å². The minimum absolute atomic E-state index is 0.112. The SMILES string of the molecule is CC(C)(C)NC(=O)C1CCC(NC(=O)c2cc3cc(Cl)ccc3[nH]2)(C(=O)OC(C)(C)C)C(N)C1. The number of benzene rings is 1. The number of fused-ring (bicyclic) bond motifs is 1. The number of aromatic nitrogens is 1. The van der Waals surface area contributed by atoms with E-state index in [1.165, 1.54) is 0 Å². The number of rotatable bonds is 4. The Morgan fingerprint density at radius 1 is 1.15 bits per heavy atom. The Kier molecular flexibility index (Phi) is 7.06. The van der Waals surface area contributed by atoms with Gasteiger partial charge >= 0.3 is 5.97 Å². The quantitative estimate of drug-likeness (QED) is 0.486. The first-order valence-electron chi connectivity index (χ1n) is 11.5. The number of H-pyrrole nitrogens is 1. The molecular weight excluding hydrogens is 456 g/mol. The van der Waals surface area contributed by atoms with Gasteiger partial charge in [0.05, 0.1) is 0 Å². The van der Waals surface area contributed by atoms with Gasteiger partial charge in [-0.2, -0.15) is 0 Å². The molecule has 3 atom stereocenters. The molecule has 1 aliphatic carbocycles. The number of hydrogen-bond acceptors (Lipinski definition) is 5. The van der Waals surface area contributed by atoms with Gasteiger partial charge in [-0.1, -0.05) is 11.6 Å². The van der Waals surface area contributed by atoms with Crippen molar-refractivity contribution in [2.45, 2.75) is 83.5 Å². The zero-order chi connectivity index (χ0) is 25.5. The Balaban J connectivity index is 1.88. The van der Waals surface area contributed by atoms with Gasteiger partial charge < -0.3 is 26.1 Å². The molecule has 9 heteroatoms. The number of halogens is 1. The fourth-order valence-corrected chi connectivity index (χ4v) is 4.43. The van der Waals surface area contributed by atoms with Gasteiger partial charge in [-0.3, -0.25) is 9.59 Å². The van der Waals surface area contributed by atoms with Crippen molar-refractivity contribution < 1.29 is 19.1 Å². The summed E-state index contributed by atoms with van der Waals surface area (Å²) < 4.78 is 5.68. The van der Waals surface area contributed by atoms with Crippen molar-refractivity contribution in [2.24, 2.45) is 11.7 Å². The monoisotopic (exact) mass is 490 g/mol. The van der Waals surface area contributed by atoms with Crippen LogP contribution in [-0.2, 0) is 14.3 Å². The lowest BCUT2D eigenvalue weighted by molar-refractivity contribution is -0.166. The largest absolute Gasteiger partial charge is 0.458 e. The van der Waals surface area contributed by atoms with Crippen molar-refractivity contribution in [3.8, 4) is 0 Å². The number of carbonyl (C=O) groups excluding carboxylic acids is 3. The second-order valence-corrected chi connectivity index (χ2v) is 11.6. The summed E-state index contributed by atoms with van der Waals surface area (Å²) in [5.74, 6) is -1.56. The van der Waals surface area contributed by atoms with Gasteiger partial charge in [0.1, 0.15) is 11.3 Å². The van der Waals surface area contributed by atoms with Crippen LogP contribution in [0.3, 0.4) is 0 Å². The van der Waals surface area contributed by atoms with Gasteiger partial charge in [-0.25, -0.2) is 4.79 Å². The van der Waals surface area contributed by atoms with Crippen molar-refractivity contribution in [1.82, 2.24) is 15.6 Å². The van der Waals surface area contributed by atoms with Gasteiger partial charge in [-0.05, 0) is 85.1 Å². The van der Waals surface area contributed by atoms with E-state index >= 15 is 0 Å². The summed E-state index contributed by atoms with van der Waals surface area (Å²) in [5.41, 5.74) is 4.93. The molecule has 1 fully saturated rings.